The summed E-state index contributed by atoms with van der Waals surface area (Å²) in [7, 11) is -3.79. The van der Waals surface area contributed by atoms with Crippen LogP contribution in [0.4, 0.5) is 11.4 Å². The van der Waals surface area contributed by atoms with Crippen LogP contribution in [0, 0.1) is 11.3 Å². The smallest absolute Gasteiger partial charge is 0.264 e. The number of anilines is 2. The number of carbonyl (C=O) groups is 1. The van der Waals surface area contributed by atoms with Gasteiger partial charge in [-0.05, 0) is 84.8 Å². The SMILES string of the molecule is N#Cc1ccc(CCC(=O)N2CCCc3cc(N(CCc4ccccc4)S(=O)(=O)c4ccccc4)ccc32)cc1. The Morgan fingerprint density at radius 1 is 0.850 bits per heavy atom. The van der Waals surface area contributed by atoms with Crippen molar-refractivity contribution in [3.63, 3.8) is 0 Å². The molecule has 0 radical (unpaired) electrons. The number of aryl methyl sites for hydroxylation is 2. The van der Waals surface area contributed by atoms with Gasteiger partial charge in [-0.1, -0.05) is 60.7 Å². The van der Waals surface area contributed by atoms with Gasteiger partial charge >= 0.3 is 0 Å². The number of carbonyl (C=O) groups excluding carboxylic acids is 1. The summed E-state index contributed by atoms with van der Waals surface area (Å²) in [4.78, 5) is 15.3. The van der Waals surface area contributed by atoms with Gasteiger partial charge < -0.3 is 4.90 Å². The molecular weight excluding hydrogens is 518 g/mol. The Morgan fingerprint density at radius 3 is 2.23 bits per heavy atom. The molecule has 0 aliphatic carbocycles. The molecule has 7 heteroatoms. The number of hydrogen-bond donors (Lipinski definition) is 0. The lowest BCUT2D eigenvalue weighted by molar-refractivity contribution is -0.118. The van der Waals surface area contributed by atoms with Gasteiger partial charge in [0.2, 0.25) is 5.91 Å². The molecule has 1 aliphatic rings. The van der Waals surface area contributed by atoms with Crippen LogP contribution in [0.25, 0.3) is 0 Å². The number of amides is 1. The molecule has 0 saturated carbocycles. The zero-order valence-corrected chi connectivity index (χ0v) is 23.1. The van der Waals surface area contributed by atoms with Gasteiger partial charge in [-0.15, -0.1) is 0 Å². The van der Waals surface area contributed by atoms with Gasteiger partial charge in [-0.3, -0.25) is 9.10 Å². The van der Waals surface area contributed by atoms with Crippen LogP contribution >= 0.6 is 0 Å². The average Bonchev–Trinajstić information content (AvgIpc) is 3.00. The largest absolute Gasteiger partial charge is 0.312 e. The number of nitrogens with zero attached hydrogens (tertiary/aromatic N) is 3. The molecule has 4 aromatic rings. The maximum Gasteiger partial charge on any atom is 0.264 e. The number of nitriles is 1. The van der Waals surface area contributed by atoms with Crippen molar-refractivity contribution in [2.24, 2.45) is 0 Å². The van der Waals surface area contributed by atoms with Crippen LogP contribution < -0.4 is 9.21 Å². The summed E-state index contributed by atoms with van der Waals surface area (Å²) in [6, 6.07) is 33.4. The number of hydrogen-bond acceptors (Lipinski definition) is 4. The Hall–Kier alpha value is -4.41. The first kappa shape index (κ1) is 27.2. The molecule has 0 spiro atoms. The fraction of sp³-hybridized carbons (Fsp3) is 0.212. The van der Waals surface area contributed by atoms with Gasteiger partial charge in [0.05, 0.1) is 22.2 Å². The number of sulfonamides is 1. The van der Waals surface area contributed by atoms with Crippen molar-refractivity contribution in [3.8, 4) is 6.07 Å². The minimum atomic E-state index is -3.79. The first-order valence-electron chi connectivity index (χ1n) is 13.5. The van der Waals surface area contributed by atoms with Gasteiger partial charge in [0.15, 0.2) is 0 Å². The van der Waals surface area contributed by atoms with Gasteiger partial charge in [-0.25, -0.2) is 8.42 Å². The van der Waals surface area contributed by atoms with Gasteiger partial charge in [0.1, 0.15) is 0 Å². The summed E-state index contributed by atoms with van der Waals surface area (Å²) in [5, 5.41) is 9.00. The number of fused-ring (bicyclic) bond motifs is 1. The molecule has 5 rings (SSSR count). The van der Waals surface area contributed by atoms with Gasteiger partial charge in [0.25, 0.3) is 10.0 Å². The Labute approximate surface area is 236 Å². The summed E-state index contributed by atoms with van der Waals surface area (Å²) in [5.41, 5.74) is 5.10. The molecule has 0 saturated heterocycles. The molecule has 4 aromatic carbocycles. The van der Waals surface area contributed by atoms with E-state index in [0.717, 1.165) is 35.2 Å². The van der Waals surface area contributed by atoms with Crippen LogP contribution in [0.15, 0.2) is 108 Å². The second-order valence-corrected chi connectivity index (χ2v) is 11.8. The molecule has 0 aromatic heterocycles. The van der Waals surface area contributed by atoms with Crippen LogP contribution in [0.1, 0.15) is 35.1 Å². The summed E-state index contributed by atoms with van der Waals surface area (Å²) in [5.74, 6) is 0.0379. The monoisotopic (exact) mass is 549 g/mol. The summed E-state index contributed by atoms with van der Waals surface area (Å²) in [6.07, 6.45) is 3.12. The van der Waals surface area contributed by atoms with Gasteiger partial charge in [-0.2, -0.15) is 5.26 Å². The van der Waals surface area contributed by atoms with E-state index in [4.69, 9.17) is 5.26 Å². The van der Waals surface area contributed by atoms with E-state index < -0.39 is 10.0 Å². The van der Waals surface area contributed by atoms with Crippen molar-refractivity contribution in [1.82, 2.24) is 0 Å². The lowest BCUT2D eigenvalue weighted by Gasteiger charge is -2.32. The molecule has 0 bridgehead atoms. The molecule has 202 valence electrons. The highest BCUT2D eigenvalue weighted by atomic mass is 32.2. The van der Waals surface area contributed by atoms with E-state index in [1.807, 2.05) is 65.6 Å². The maximum atomic E-state index is 13.8. The van der Waals surface area contributed by atoms with Crippen molar-refractivity contribution in [2.45, 2.75) is 37.0 Å². The fourth-order valence-electron chi connectivity index (χ4n) is 5.11. The molecule has 1 heterocycles. The standard InChI is InChI=1S/C33H31N3O3S/c34-25-28-15-13-27(14-16-28)17-20-33(37)35-22-7-10-29-24-30(18-19-32(29)35)36(23-21-26-8-3-1-4-9-26)40(38,39)31-11-5-2-6-12-31/h1-6,8-9,11-16,18-19,24H,7,10,17,20-23H2. The molecule has 1 amide bonds. The van der Waals surface area contributed by atoms with Crippen molar-refractivity contribution < 1.29 is 13.2 Å². The summed E-state index contributed by atoms with van der Waals surface area (Å²) < 4.78 is 29.1. The molecule has 40 heavy (non-hydrogen) atoms. The second kappa shape index (κ2) is 12.2. The van der Waals surface area contributed by atoms with E-state index in [9.17, 15) is 13.2 Å². The maximum absolute atomic E-state index is 13.8. The van der Waals surface area contributed by atoms with E-state index in [0.29, 0.717) is 43.6 Å². The second-order valence-electron chi connectivity index (χ2n) is 9.90. The minimum absolute atomic E-state index is 0.0379. The molecule has 1 aliphatic heterocycles. The number of benzene rings is 4. The van der Waals surface area contributed by atoms with Crippen LogP contribution in [-0.2, 0) is 34.1 Å². The van der Waals surface area contributed by atoms with Crippen LogP contribution in [0.5, 0.6) is 0 Å². The van der Waals surface area contributed by atoms with Crippen molar-refractivity contribution in [1.29, 1.82) is 5.26 Å². The third-order valence-electron chi connectivity index (χ3n) is 7.26. The van der Waals surface area contributed by atoms with E-state index in [2.05, 4.69) is 6.07 Å². The van der Waals surface area contributed by atoms with E-state index in [1.165, 1.54) is 4.31 Å². The third kappa shape index (κ3) is 6.08. The van der Waals surface area contributed by atoms with E-state index in [1.54, 1.807) is 42.5 Å². The van der Waals surface area contributed by atoms with E-state index in [-0.39, 0.29) is 10.8 Å². The first-order chi connectivity index (χ1) is 19.5. The normalized spacial score (nSPS) is 12.8. The highest BCUT2D eigenvalue weighted by molar-refractivity contribution is 7.92. The highest BCUT2D eigenvalue weighted by Crippen LogP contribution is 2.34. The Bertz CT molecular complexity index is 1610. The van der Waals surface area contributed by atoms with Crippen LogP contribution in [0.3, 0.4) is 0 Å². The average molecular weight is 550 g/mol. The number of rotatable bonds is 9. The van der Waals surface area contributed by atoms with Crippen molar-refractivity contribution in [2.75, 3.05) is 22.3 Å². The third-order valence-corrected chi connectivity index (χ3v) is 9.10. The molecule has 0 N–H and O–H groups in total. The summed E-state index contributed by atoms with van der Waals surface area (Å²) >= 11 is 0. The molecule has 0 fully saturated rings. The molecule has 6 nitrogen and oxygen atoms in total. The Balaban J connectivity index is 1.39. The Kier molecular flexibility index (Phi) is 8.28. The predicted molar refractivity (Wildman–Crippen MR) is 158 cm³/mol. The lowest BCUT2D eigenvalue weighted by atomic mass is 9.99. The zero-order valence-electron chi connectivity index (χ0n) is 22.2. The quantitative estimate of drug-likeness (QED) is 0.260. The van der Waals surface area contributed by atoms with Gasteiger partial charge in [0, 0.05) is 25.2 Å². The zero-order chi connectivity index (χ0) is 28.0. The molecule has 0 atom stereocenters. The van der Waals surface area contributed by atoms with Crippen molar-refractivity contribution in [3.05, 3.63) is 125 Å². The summed E-state index contributed by atoms with van der Waals surface area (Å²) in [6.45, 7) is 0.936. The van der Waals surface area contributed by atoms with Crippen LogP contribution in [0.2, 0.25) is 0 Å². The fourth-order valence-corrected chi connectivity index (χ4v) is 6.59. The Morgan fingerprint density at radius 2 is 1.52 bits per heavy atom. The molecular formula is C33H31N3O3S. The highest BCUT2D eigenvalue weighted by Gasteiger charge is 2.28. The lowest BCUT2D eigenvalue weighted by Crippen LogP contribution is -2.36. The topological polar surface area (TPSA) is 81.5 Å². The van der Waals surface area contributed by atoms with Crippen molar-refractivity contribution >= 4 is 27.3 Å². The first-order valence-corrected chi connectivity index (χ1v) is 14.9. The van der Waals surface area contributed by atoms with Crippen LogP contribution in [-0.4, -0.2) is 27.4 Å². The molecule has 0 unspecified atom stereocenters. The van der Waals surface area contributed by atoms with E-state index >= 15 is 0 Å². The minimum Gasteiger partial charge on any atom is -0.312 e. The predicted octanol–water partition coefficient (Wildman–Crippen LogP) is 5.91.